The molecule has 0 bridgehead atoms. The van der Waals surface area contributed by atoms with Crippen molar-refractivity contribution < 1.29 is 13.2 Å². The maximum absolute atomic E-state index is 12.1. The van der Waals surface area contributed by atoms with Gasteiger partial charge in [0.1, 0.15) is 0 Å². The average molecular weight is 272 g/mol. The summed E-state index contributed by atoms with van der Waals surface area (Å²) in [5.41, 5.74) is 0.930. The largest absolute Gasteiger partial charge is 0.383 e. The number of rotatable bonds is 7. The highest BCUT2D eigenvalue weighted by Crippen LogP contribution is 2.12. The van der Waals surface area contributed by atoms with Crippen LogP contribution in [0.1, 0.15) is 12.5 Å². The molecule has 0 aliphatic rings. The number of sulfonamides is 1. The van der Waals surface area contributed by atoms with Gasteiger partial charge < -0.3 is 10.1 Å². The van der Waals surface area contributed by atoms with Crippen molar-refractivity contribution in [2.75, 3.05) is 20.8 Å². The zero-order chi connectivity index (χ0) is 13.6. The molecule has 0 aromatic heterocycles. The molecule has 0 fully saturated rings. The molecule has 0 spiro atoms. The Morgan fingerprint density at radius 1 is 1.39 bits per heavy atom. The normalized spacial score (nSPS) is 13.5. The topological polar surface area (TPSA) is 67.4 Å². The molecule has 0 radical (unpaired) electrons. The van der Waals surface area contributed by atoms with Crippen molar-refractivity contribution in [1.29, 1.82) is 0 Å². The maximum Gasteiger partial charge on any atom is 0.240 e. The molecule has 0 heterocycles. The summed E-state index contributed by atoms with van der Waals surface area (Å²) in [6, 6.07) is 6.61. The van der Waals surface area contributed by atoms with E-state index >= 15 is 0 Å². The minimum atomic E-state index is -3.48. The van der Waals surface area contributed by atoms with Crippen LogP contribution in [-0.4, -0.2) is 35.2 Å². The first-order valence-electron chi connectivity index (χ1n) is 5.74. The summed E-state index contributed by atoms with van der Waals surface area (Å²) in [5, 5.41) is 2.99. The molecule has 1 atom stereocenters. The van der Waals surface area contributed by atoms with Gasteiger partial charge in [-0.2, -0.15) is 0 Å². The SMILES string of the molecule is CNCc1cccc(S(=O)(=O)NC(C)COC)c1. The van der Waals surface area contributed by atoms with E-state index in [-0.39, 0.29) is 10.9 Å². The first kappa shape index (κ1) is 15.1. The van der Waals surface area contributed by atoms with E-state index in [0.717, 1.165) is 5.56 Å². The predicted molar refractivity (Wildman–Crippen MR) is 70.9 cm³/mol. The van der Waals surface area contributed by atoms with Gasteiger partial charge in [0.2, 0.25) is 10.0 Å². The van der Waals surface area contributed by atoms with Crippen LogP contribution in [-0.2, 0) is 21.3 Å². The second kappa shape index (κ2) is 6.84. The molecule has 102 valence electrons. The molecule has 0 saturated heterocycles. The Balaban J connectivity index is 2.87. The van der Waals surface area contributed by atoms with E-state index in [1.807, 2.05) is 13.1 Å². The summed E-state index contributed by atoms with van der Waals surface area (Å²) in [5.74, 6) is 0. The van der Waals surface area contributed by atoms with E-state index < -0.39 is 10.0 Å². The van der Waals surface area contributed by atoms with Crippen molar-refractivity contribution in [3.63, 3.8) is 0 Å². The summed E-state index contributed by atoms with van der Waals surface area (Å²) >= 11 is 0. The van der Waals surface area contributed by atoms with Gasteiger partial charge in [0, 0.05) is 19.7 Å². The number of nitrogens with one attached hydrogen (secondary N) is 2. The van der Waals surface area contributed by atoms with Crippen molar-refractivity contribution in [3.05, 3.63) is 29.8 Å². The second-order valence-corrected chi connectivity index (χ2v) is 5.87. The quantitative estimate of drug-likeness (QED) is 0.767. The monoisotopic (exact) mass is 272 g/mol. The lowest BCUT2D eigenvalue weighted by molar-refractivity contribution is 0.180. The highest BCUT2D eigenvalue weighted by Gasteiger charge is 2.17. The van der Waals surface area contributed by atoms with Crippen LogP contribution in [0, 0.1) is 0 Å². The lowest BCUT2D eigenvalue weighted by Gasteiger charge is -2.13. The van der Waals surface area contributed by atoms with Crippen LogP contribution in [0.3, 0.4) is 0 Å². The fourth-order valence-electron chi connectivity index (χ4n) is 1.64. The molecule has 18 heavy (non-hydrogen) atoms. The van der Waals surface area contributed by atoms with Gasteiger partial charge in [-0.1, -0.05) is 12.1 Å². The van der Waals surface area contributed by atoms with Gasteiger partial charge in [-0.15, -0.1) is 0 Å². The molecule has 1 rings (SSSR count). The van der Waals surface area contributed by atoms with Gasteiger partial charge in [0.05, 0.1) is 11.5 Å². The van der Waals surface area contributed by atoms with E-state index in [1.165, 1.54) is 0 Å². The van der Waals surface area contributed by atoms with Crippen molar-refractivity contribution in [1.82, 2.24) is 10.0 Å². The molecular weight excluding hydrogens is 252 g/mol. The summed E-state index contributed by atoms with van der Waals surface area (Å²) in [7, 11) is -0.121. The van der Waals surface area contributed by atoms with Crippen LogP contribution in [0.25, 0.3) is 0 Å². The number of ether oxygens (including phenoxy) is 1. The van der Waals surface area contributed by atoms with Gasteiger partial charge in [-0.05, 0) is 31.7 Å². The highest BCUT2D eigenvalue weighted by atomic mass is 32.2. The van der Waals surface area contributed by atoms with E-state index in [1.54, 1.807) is 32.2 Å². The minimum absolute atomic E-state index is 0.257. The Labute approximate surface area is 109 Å². The second-order valence-electron chi connectivity index (χ2n) is 4.16. The van der Waals surface area contributed by atoms with Crippen LogP contribution in [0.4, 0.5) is 0 Å². The molecule has 1 aromatic carbocycles. The Bertz CT molecular complexity index is 474. The van der Waals surface area contributed by atoms with Gasteiger partial charge in [0.25, 0.3) is 0 Å². The molecule has 0 saturated carbocycles. The van der Waals surface area contributed by atoms with Crippen LogP contribution in [0.15, 0.2) is 29.2 Å². The molecule has 2 N–H and O–H groups in total. The number of benzene rings is 1. The summed E-state index contributed by atoms with van der Waals surface area (Å²) in [6.45, 7) is 2.74. The van der Waals surface area contributed by atoms with E-state index in [2.05, 4.69) is 10.0 Å². The Hall–Kier alpha value is -0.950. The van der Waals surface area contributed by atoms with Crippen LogP contribution < -0.4 is 10.0 Å². The van der Waals surface area contributed by atoms with E-state index in [4.69, 9.17) is 4.74 Å². The zero-order valence-electron chi connectivity index (χ0n) is 10.9. The van der Waals surface area contributed by atoms with E-state index in [0.29, 0.717) is 13.2 Å². The highest BCUT2D eigenvalue weighted by molar-refractivity contribution is 7.89. The number of hydrogen-bond acceptors (Lipinski definition) is 4. The molecular formula is C12H20N2O3S. The lowest BCUT2D eigenvalue weighted by Crippen LogP contribution is -2.35. The van der Waals surface area contributed by atoms with Crippen molar-refractivity contribution in [3.8, 4) is 0 Å². The van der Waals surface area contributed by atoms with Crippen LogP contribution in [0.2, 0.25) is 0 Å². The summed E-state index contributed by atoms with van der Waals surface area (Å²) in [6.07, 6.45) is 0. The van der Waals surface area contributed by atoms with Gasteiger partial charge >= 0.3 is 0 Å². The standard InChI is InChI=1S/C12H20N2O3S/c1-10(9-17-3)14-18(15,16)12-6-4-5-11(7-12)8-13-2/h4-7,10,13-14H,8-9H2,1-3H3. The fraction of sp³-hybridized carbons (Fsp3) is 0.500. The molecule has 6 heteroatoms. The predicted octanol–water partition coefficient (Wildman–Crippen LogP) is 0.719. The Kier molecular flexibility index (Phi) is 5.74. The lowest BCUT2D eigenvalue weighted by atomic mass is 10.2. The smallest absolute Gasteiger partial charge is 0.240 e. The average Bonchev–Trinajstić information content (AvgIpc) is 2.29. The molecule has 1 unspecified atom stereocenters. The Morgan fingerprint density at radius 3 is 2.72 bits per heavy atom. The fourth-order valence-corrected chi connectivity index (χ4v) is 2.94. The molecule has 0 aliphatic carbocycles. The minimum Gasteiger partial charge on any atom is -0.383 e. The third kappa shape index (κ3) is 4.38. The van der Waals surface area contributed by atoms with Gasteiger partial charge in [0.15, 0.2) is 0 Å². The van der Waals surface area contributed by atoms with Gasteiger partial charge in [-0.25, -0.2) is 13.1 Å². The summed E-state index contributed by atoms with van der Waals surface area (Å²) in [4.78, 5) is 0.276. The van der Waals surface area contributed by atoms with Gasteiger partial charge in [-0.3, -0.25) is 0 Å². The first-order valence-corrected chi connectivity index (χ1v) is 7.22. The first-order chi connectivity index (χ1) is 8.49. The third-order valence-electron chi connectivity index (χ3n) is 2.36. The number of methoxy groups -OCH3 is 1. The maximum atomic E-state index is 12.1. The summed E-state index contributed by atoms with van der Waals surface area (Å²) < 4.78 is 31.7. The molecule has 0 amide bonds. The van der Waals surface area contributed by atoms with Crippen LogP contribution >= 0.6 is 0 Å². The molecule has 0 aliphatic heterocycles. The van der Waals surface area contributed by atoms with E-state index in [9.17, 15) is 8.42 Å². The third-order valence-corrected chi connectivity index (χ3v) is 3.95. The molecule has 1 aromatic rings. The molecule has 5 nitrogen and oxygen atoms in total. The number of hydrogen-bond donors (Lipinski definition) is 2. The van der Waals surface area contributed by atoms with Crippen molar-refractivity contribution in [2.45, 2.75) is 24.4 Å². The van der Waals surface area contributed by atoms with Crippen molar-refractivity contribution >= 4 is 10.0 Å². The van der Waals surface area contributed by atoms with Crippen molar-refractivity contribution in [2.24, 2.45) is 0 Å². The zero-order valence-corrected chi connectivity index (χ0v) is 11.8. The Morgan fingerprint density at radius 2 is 2.11 bits per heavy atom. The van der Waals surface area contributed by atoms with Crippen LogP contribution in [0.5, 0.6) is 0 Å².